The second kappa shape index (κ2) is 3.96. The molecule has 2 rings (SSSR count). The number of aromatic hydroxyl groups is 1. The SMILES string of the molecule is COCC[C@@H]1C[C@@H]1c1cncc(O)c1. The van der Waals surface area contributed by atoms with Crippen LogP contribution in [0, 0.1) is 5.92 Å². The molecule has 1 saturated carbocycles. The summed E-state index contributed by atoms with van der Waals surface area (Å²) in [6.45, 7) is 0.827. The van der Waals surface area contributed by atoms with Crippen LogP contribution in [-0.2, 0) is 4.74 Å². The molecule has 2 atom stereocenters. The molecular formula is C11H15NO2. The third-order valence-corrected chi connectivity index (χ3v) is 2.79. The van der Waals surface area contributed by atoms with Gasteiger partial charge in [0, 0.05) is 19.9 Å². The Balaban J connectivity index is 1.92. The van der Waals surface area contributed by atoms with Crippen molar-refractivity contribution in [2.45, 2.75) is 18.8 Å². The maximum Gasteiger partial charge on any atom is 0.134 e. The molecule has 0 radical (unpaired) electrons. The lowest BCUT2D eigenvalue weighted by Crippen LogP contribution is -1.91. The zero-order chi connectivity index (χ0) is 9.97. The van der Waals surface area contributed by atoms with Crippen LogP contribution < -0.4 is 0 Å². The number of rotatable bonds is 4. The van der Waals surface area contributed by atoms with Crippen molar-refractivity contribution in [3.05, 3.63) is 24.0 Å². The number of pyridine rings is 1. The summed E-state index contributed by atoms with van der Waals surface area (Å²) in [6.07, 6.45) is 5.62. The van der Waals surface area contributed by atoms with Gasteiger partial charge in [-0.2, -0.15) is 0 Å². The third-order valence-electron chi connectivity index (χ3n) is 2.79. The molecule has 0 bridgehead atoms. The highest BCUT2D eigenvalue weighted by Gasteiger charge is 2.37. The zero-order valence-electron chi connectivity index (χ0n) is 8.31. The highest BCUT2D eigenvalue weighted by molar-refractivity contribution is 5.29. The Morgan fingerprint density at radius 2 is 2.43 bits per heavy atom. The van der Waals surface area contributed by atoms with Gasteiger partial charge in [-0.3, -0.25) is 4.98 Å². The van der Waals surface area contributed by atoms with E-state index >= 15 is 0 Å². The first-order valence-electron chi connectivity index (χ1n) is 4.94. The van der Waals surface area contributed by atoms with Gasteiger partial charge in [0.05, 0.1) is 6.20 Å². The lowest BCUT2D eigenvalue weighted by Gasteiger charge is -2.00. The Morgan fingerprint density at radius 1 is 1.57 bits per heavy atom. The summed E-state index contributed by atoms with van der Waals surface area (Å²) in [4.78, 5) is 3.98. The zero-order valence-corrected chi connectivity index (χ0v) is 8.31. The fourth-order valence-electron chi connectivity index (χ4n) is 1.89. The monoisotopic (exact) mass is 193 g/mol. The summed E-state index contributed by atoms with van der Waals surface area (Å²) < 4.78 is 5.04. The van der Waals surface area contributed by atoms with Gasteiger partial charge in [0.25, 0.3) is 0 Å². The number of ether oxygens (including phenoxy) is 1. The van der Waals surface area contributed by atoms with Crippen LogP contribution in [0.15, 0.2) is 18.5 Å². The van der Waals surface area contributed by atoms with E-state index in [1.807, 2.05) is 12.3 Å². The first-order chi connectivity index (χ1) is 6.81. The molecule has 0 amide bonds. The normalized spacial score (nSPS) is 24.9. The van der Waals surface area contributed by atoms with Gasteiger partial charge in [-0.25, -0.2) is 0 Å². The molecule has 14 heavy (non-hydrogen) atoms. The Kier molecular flexibility index (Phi) is 2.68. The van der Waals surface area contributed by atoms with Crippen molar-refractivity contribution < 1.29 is 9.84 Å². The summed E-state index contributed by atoms with van der Waals surface area (Å²) in [5.41, 5.74) is 1.16. The summed E-state index contributed by atoms with van der Waals surface area (Å²) in [6, 6.07) is 1.81. The van der Waals surface area contributed by atoms with Crippen molar-refractivity contribution in [3.8, 4) is 5.75 Å². The smallest absolute Gasteiger partial charge is 0.134 e. The van der Waals surface area contributed by atoms with Gasteiger partial charge in [0.1, 0.15) is 5.75 Å². The molecule has 1 aliphatic carbocycles. The van der Waals surface area contributed by atoms with E-state index in [1.54, 1.807) is 7.11 Å². The average molecular weight is 193 g/mol. The summed E-state index contributed by atoms with van der Waals surface area (Å²) in [5, 5.41) is 9.26. The van der Waals surface area contributed by atoms with Crippen LogP contribution in [-0.4, -0.2) is 23.8 Å². The van der Waals surface area contributed by atoms with Crippen molar-refractivity contribution in [3.63, 3.8) is 0 Å². The van der Waals surface area contributed by atoms with E-state index < -0.39 is 0 Å². The minimum Gasteiger partial charge on any atom is -0.506 e. The highest BCUT2D eigenvalue weighted by atomic mass is 16.5. The fraction of sp³-hybridized carbons (Fsp3) is 0.545. The lowest BCUT2D eigenvalue weighted by atomic mass is 10.1. The van der Waals surface area contributed by atoms with Crippen LogP contribution in [0.25, 0.3) is 0 Å². The second-order valence-electron chi connectivity index (χ2n) is 3.86. The maximum absolute atomic E-state index is 9.26. The molecule has 1 aromatic rings. The average Bonchev–Trinajstić information content (AvgIpc) is 2.94. The first-order valence-corrected chi connectivity index (χ1v) is 4.94. The van der Waals surface area contributed by atoms with Crippen molar-refractivity contribution in [1.29, 1.82) is 0 Å². The Bertz CT molecular complexity index is 314. The number of nitrogens with zero attached hydrogens (tertiary/aromatic N) is 1. The third kappa shape index (κ3) is 2.04. The fourth-order valence-corrected chi connectivity index (χ4v) is 1.89. The van der Waals surface area contributed by atoms with Gasteiger partial charge in [-0.1, -0.05) is 0 Å². The van der Waals surface area contributed by atoms with E-state index in [2.05, 4.69) is 4.98 Å². The van der Waals surface area contributed by atoms with Crippen molar-refractivity contribution in [2.24, 2.45) is 5.92 Å². The molecule has 76 valence electrons. The summed E-state index contributed by atoms with van der Waals surface area (Å²) in [5.74, 6) is 1.57. The highest BCUT2D eigenvalue weighted by Crippen LogP contribution is 2.49. The number of hydrogen-bond acceptors (Lipinski definition) is 3. The van der Waals surface area contributed by atoms with Gasteiger partial charge in [0.15, 0.2) is 0 Å². The quantitative estimate of drug-likeness (QED) is 0.794. The van der Waals surface area contributed by atoms with E-state index in [9.17, 15) is 5.11 Å². The number of hydrogen-bond donors (Lipinski definition) is 1. The predicted molar refractivity (Wildman–Crippen MR) is 53.2 cm³/mol. The minimum atomic E-state index is 0.264. The van der Waals surface area contributed by atoms with E-state index in [1.165, 1.54) is 12.6 Å². The molecule has 3 nitrogen and oxygen atoms in total. The molecule has 0 spiro atoms. The van der Waals surface area contributed by atoms with Crippen LogP contribution in [0.2, 0.25) is 0 Å². The number of methoxy groups -OCH3 is 1. The van der Waals surface area contributed by atoms with Crippen molar-refractivity contribution >= 4 is 0 Å². The predicted octanol–water partition coefficient (Wildman–Crippen LogP) is 1.93. The molecule has 1 fully saturated rings. The van der Waals surface area contributed by atoms with Crippen LogP contribution in [0.3, 0.4) is 0 Å². The van der Waals surface area contributed by atoms with Gasteiger partial charge in [-0.15, -0.1) is 0 Å². The molecule has 1 heterocycles. The largest absolute Gasteiger partial charge is 0.506 e. The lowest BCUT2D eigenvalue weighted by molar-refractivity contribution is 0.189. The molecule has 0 aliphatic heterocycles. The second-order valence-corrected chi connectivity index (χ2v) is 3.86. The summed E-state index contributed by atoms with van der Waals surface area (Å²) >= 11 is 0. The standard InChI is InChI=1S/C11H15NO2/c1-14-3-2-8-5-11(8)9-4-10(13)7-12-6-9/h4,6-8,11,13H,2-3,5H2,1H3/t8-,11+/m1/s1. The topological polar surface area (TPSA) is 42.4 Å². The van der Waals surface area contributed by atoms with Crippen molar-refractivity contribution in [2.75, 3.05) is 13.7 Å². The Hall–Kier alpha value is -1.09. The van der Waals surface area contributed by atoms with Crippen LogP contribution in [0.5, 0.6) is 5.75 Å². The van der Waals surface area contributed by atoms with Gasteiger partial charge < -0.3 is 9.84 Å². The van der Waals surface area contributed by atoms with Crippen LogP contribution >= 0.6 is 0 Å². The molecule has 0 saturated heterocycles. The van der Waals surface area contributed by atoms with Gasteiger partial charge in [-0.05, 0) is 36.3 Å². The number of aromatic nitrogens is 1. The van der Waals surface area contributed by atoms with Crippen molar-refractivity contribution in [1.82, 2.24) is 4.98 Å². The molecule has 1 aliphatic rings. The van der Waals surface area contributed by atoms with E-state index in [0.29, 0.717) is 5.92 Å². The Labute approximate surface area is 83.7 Å². The molecular weight excluding hydrogens is 178 g/mol. The van der Waals surface area contributed by atoms with E-state index in [0.717, 1.165) is 24.5 Å². The van der Waals surface area contributed by atoms with Crippen LogP contribution in [0.4, 0.5) is 0 Å². The Morgan fingerprint density at radius 3 is 3.14 bits per heavy atom. The van der Waals surface area contributed by atoms with E-state index in [4.69, 9.17) is 4.74 Å². The van der Waals surface area contributed by atoms with E-state index in [-0.39, 0.29) is 5.75 Å². The first kappa shape index (κ1) is 9.46. The van der Waals surface area contributed by atoms with Gasteiger partial charge >= 0.3 is 0 Å². The molecule has 1 aromatic heterocycles. The molecule has 3 heteroatoms. The van der Waals surface area contributed by atoms with Gasteiger partial charge in [0.2, 0.25) is 0 Å². The van der Waals surface area contributed by atoms with Crippen LogP contribution in [0.1, 0.15) is 24.3 Å². The molecule has 0 aromatic carbocycles. The maximum atomic E-state index is 9.26. The minimum absolute atomic E-state index is 0.264. The molecule has 1 N–H and O–H groups in total. The molecule has 0 unspecified atom stereocenters. The summed E-state index contributed by atoms with van der Waals surface area (Å²) in [7, 11) is 1.73.